The second kappa shape index (κ2) is 6.18. The molecule has 1 N–H and O–H groups in total. The van der Waals surface area contributed by atoms with Crippen LogP contribution in [0.5, 0.6) is 0 Å². The molecule has 3 rings (SSSR count). The van der Waals surface area contributed by atoms with Gasteiger partial charge < -0.3 is 4.90 Å². The van der Waals surface area contributed by atoms with E-state index in [0.29, 0.717) is 10.7 Å². The summed E-state index contributed by atoms with van der Waals surface area (Å²) < 4.78 is 0.914. The highest BCUT2D eigenvalue weighted by atomic mass is 79.9. The Labute approximate surface area is 143 Å². The lowest BCUT2D eigenvalue weighted by Gasteiger charge is -2.20. The molecular formula is C17H15BrN2OS. The van der Waals surface area contributed by atoms with Gasteiger partial charge in [-0.3, -0.25) is 10.1 Å². The van der Waals surface area contributed by atoms with Crippen molar-refractivity contribution in [3.63, 3.8) is 0 Å². The molecule has 2 aromatic carbocycles. The van der Waals surface area contributed by atoms with Gasteiger partial charge in [-0.05, 0) is 54.9 Å². The molecule has 0 saturated heterocycles. The molecule has 0 spiro atoms. The molecule has 1 heterocycles. The average molecular weight is 375 g/mol. The van der Waals surface area contributed by atoms with Crippen LogP contribution in [0.15, 0.2) is 46.9 Å². The zero-order valence-corrected chi connectivity index (χ0v) is 14.5. The van der Waals surface area contributed by atoms with Crippen molar-refractivity contribution in [2.45, 2.75) is 13.3 Å². The molecule has 0 fully saturated rings. The molecule has 0 saturated carbocycles. The lowest BCUT2D eigenvalue weighted by atomic mass is 10.1. The van der Waals surface area contributed by atoms with Gasteiger partial charge in [-0.25, -0.2) is 0 Å². The van der Waals surface area contributed by atoms with Gasteiger partial charge >= 0.3 is 0 Å². The summed E-state index contributed by atoms with van der Waals surface area (Å²) in [7, 11) is 0. The number of fused-ring (bicyclic) bond motifs is 1. The van der Waals surface area contributed by atoms with E-state index in [2.05, 4.69) is 27.3 Å². The minimum Gasteiger partial charge on any atom is -0.318 e. The van der Waals surface area contributed by atoms with Crippen LogP contribution in [0.3, 0.4) is 0 Å². The third-order valence-corrected chi connectivity index (χ3v) is 4.96. The van der Waals surface area contributed by atoms with E-state index in [1.807, 2.05) is 42.2 Å². The molecule has 5 heteroatoms. The van der Waals surface area contributed by atoms with E-state index in [4.69, 9.17) is 12.2 Å². The minimum absolute atomic E-state index is 0.185. The first-order valence-electron chi connectivity index (χ1n) is 7.03. The van der Waals surface area contributed by atoms with Crippen molar-refractivity contribution in [1.29, 1.82) is 0 Å². The van der Waals surface area contributed by atoms with Crippen molar-refractivity contribution >= 4 is 44.9 Å². The van der Waals surface area contributed by atoms with E-state index >= 15 is 0 Å². The highest BCUT2D eigenvalue weighted by Crippen LogP contribution is 2.27. The van der Waals surface area contributed by atoms with Crippen LogP contribution >= 0.6 is 28.1 Å². The summed E-state index contributed by atoms with van der Waals surface area (Å²) in [5.41, 5.74) is 4.02. The number of amides is 1. The van der Waals surface area contributed by atoms with Crippen LogP contribution in [0.4, 0.5) is 5.69 Å². The molecule has 3 nitrogen and oxygen atoms in total. The number of hydrogen-bond acceptors (Lipinski definition) is 2. The average Bonchev–Trinajstić information content (AvgIpc) is 2.94. The number of anilines is 1. The Morgan fingerprint density at radius 1 is 1.27 bits per heavy atom. The van der Waals surface area contributed by atoms with Gasteiger partial charge in [-0.1, -0.05) is 40.2 Å². The first-order chi connectivity index (χ1) is 10.6. The third-order valence-electron chi connectivity index (χ3n) is 3.79. The summed E-state index contributed by atoms with van der Waals surface area (Å²) in [4.78, 5) is 14.3. The molecule has 0 aliphatic carbocycles. The van der Waals surface area contributed by atoms with Crippen LogP contribution in [0.1, 0.15) is 21.5 Å². The van der Waals surface area contributed by atoms with E-state index in [1.54, 1.807) is 6.07 Å². The number of nitrogens with one attached hydrogen (secondary N) is 1. The smallest absolute Gasteiger partial charge is 0.257 e. The Morgan fingerprint density at radius 3 is 2.82 bits per heavy atom. The van der Waals surface area contributed by atoms with E-state index in [1.165, 1.54) is 5.56 Å². The molecule has 1 aliphatic heterocycles. The predicted molar refractivity (Wildman–Crippen MR) is 96.4 cm³/mol. The third kappa shape index (κ3) is 2.91. The number of carbonyl (C=O) groups is 1. The first kappa shape index (κ1) is 15.2. The number of thiocarbonyl (C=S) groups is 1. The number of halogens is 1. The van der Waals surface area contributed by atoms with Crippen LogP contribution in [0.2, 0.25) is 0 Å². The molecule has 0 bridgehead atoms. The maximum Gasteiger partial charge on any atom is 0.257 e. The van der Waals surface area contributed by atoms with E-state index < -0.39 is 0 Å². The van der Waals surface area contributed by atoms with Crippen LogP contribution < -0.4 is 10.2 Å². The number of nitrogens with zero attached hydrogens (tertiary/aromatic N) is 1. The number of benzene rings is 2. The predicted octanol–water partition coefficient (Wildman–Crippen LogP) is 3.83. The summed E-state index contributed by atoms with van der Waals surface area (Å²) in [6.07, 6.45) is 0.947. The van der Waals surface area contributed by atoms with Crippen LogP contribution in [-0.2, 0) is 6.42 Å². The van der Waals surface area contributed by atoms with Gasteiger partial charge in [-0.2, -0.15) is 0 Å². The lowest BCUT2D eigenvalue weighted by molar-refractivity contribution is 0.0977. The summed E-state index contributed by atoms with van der Waals surface area (Å²) in [6.45, 7) is 2.79. The maximum atomic E-state index is 12.3. The maximum absolute atomic E-state index is 12.3. The molecule has 0 unspecified atom stereocenters. The van der Waals surface area contributed by atoms with E-state index in [-0.39, 0.29) is 5.91 Å². The number of carbonyl (C=O) groups excluding carboxylic acids is 1. The topological polar surface area (TPSA) is 32.3 Å². The van der Waals surface area contributed by atoms with Crippen molar-refractivity contribution in [1.82, 2.24) is 5.32 Å². The minimum atomic E-state index is -0.185. The summed E-state index contributed by atoms with van der Waals surface area (Å²) in [5.74, 6) is -0.185. The fraction of sp³-hybridized carbons (Fsp3) is 0.176. The van der Waals surface area contributed by atoms with Crippen LogP contribution in [-0.4, -0.2) is 17.6 Å². The second-order valence-electron chi connectivity index (χ2n) is 5.25. The van der Waals surface area contributed by atoms with Crippen molar-refractivity contribution < 1.29 is 4.79 Å². The molecule has 112 valence electrons. The van der Waals surface area contributed by atoms with Gasteiger partial charge in [-0.15, -0.1) is 0 Å². The second-order valence-corrected chi connectivity index (χ2v) is 6.49. The summed E-state index contributed by atoms with van der Waals surface area (Å²) >= 11 is 8.85. The number of aryl methyl sites for hydroxylation is 1. The fourth-order valence-corrected chi connectivity index (χ4v) is 3.18. The van der Waals surface area contributed by atoms with Gasteiger partial charge in [0.25, 0.3) is 5.91 Å². The molecule has 1 amide bonds. The van der Waals surface area contributed by atoms with Gasteiger partial charge in [0.2, 0.25) is 0 Å². The van der Waals surface area contributed by atoms with Crippen molar-refractivity contribution in [2.75, 3.05) is 11.4 Å². The Bertz CT molecular complexity index is 760. The number of rotatable bonds is 1. The van der Waals surface area contributed by atoms with Crippen molar-refractivity contribution in [2.24, 2.45) is 0 Å². The molecule has 22 heavy (non-hydrogen) atoms. The molecular weight excluding hydrogens is 360 g/mol. The summed E-state index contributed by atoms with van der Waals surface area (Å²) in [6, 6.07) is 13.7. The van der Waals surface area contributed by atoms with Gasteiger partial charge in [0, 0.05) is 22.3 Å². The normalized spacial score (nSPS) is 12.9. The quantitative estimate of drug-likeness (QED) is 0.769. The van der Waals surface area contributed by atoms with Crippen LogP contribution in [0, 0.1) is 6.92 Å². The highest BCUT2D eigenvalue weighted by Gasteiger charge is 2.23. The number of hydrogen-bond donors (Lipinski definition) is 1. The molecule has 0 radical (unpaired) electrons. The monoisotopic (exact) mass is 374 g/mol. The molecule has 1 aliphatic rings. The highest BCUT2D eigenvalue weighted by molar-refractivity contribution is 9.10. The fourth-order valence-electron chi connectivity index (χ4n) is 2.52. The standard InChI is InChI=1S/C17H15BrN2OS/c1-11-6-7-13(10-14(11)18)16(21)19-17(22)20-9-8-12-4-2-3-5-15(12)20/h2-7,10H,8-9H2,1H3,(H,19,21,22). The van der Waals surface area contributed by atoms with E-state index in [9.17, 15) is 4.79 Å². The van der Waals surface area contributed by atoms with Gasteiger partial charge in [0.15, 0.2) is 5.11 Å². The lowest BCUT2D eigenvalue weighted by Crippen LogP contribution is -2.41. The Balaban J connectivity index is 1.75. The van der Waals surface area contributed by atoms with Crippen molar-refractivity contribution in [3.05, 3.63) is 63.6 Å². The molecule has 0 atom stereocenters. The Morgan fingerprint density at radius 2 is 2.05 bits per heavy atom. The van der Waals surface area contributed by atoms with Crippen LogP contribution in [0.25, 0.3) is 0 Å². The zero-order valence-electron chi connectivity index (χ0n) is 12.1. The molecule has 0 aromatic heterocycles. The zero-order chi connectivity index (χ0) is 15.7. The van der Waals surface area contributed by atoms with E-state index in [0.717, 1.165) is 28.7 Å². The van der Waals surface area contributed by atoms with Crippen molar-refractivity contribution in [3.8, 4) is 0 Å². The Hall–Kier alpha value is -1.72. The number of para-hydroxylation sites is 1. The van der Waals surface area contributed by atoms with Gasteiger partial charge in [0.1, 0.15) is 0 Å². The molecule has 2 aromatic rings. The van der Waals surface area contributed by atoms with Gasteiger partial charge in [0.05, 0.1) is 0 Å². The Kier molecular flexibility index (Phi) is 4.27. The SMILES string of the molecule is Cc1ccc(C(=O)NC(=S)N2CCc3ccccc32)cc1Br. The largest absolute Gasteiger partial charge is 0.318 e. The summed E-state index contributed by atoms with van der Waals surface area (Å²) in [5, 5.41) is 3.27. The first-order valence-corrected chi connectivity index (χ1v) is 8.23.